The number of hydrogen-bond donors (Lipinski definition) is 0. The molecule has 0 radical (unpaired) electrons. The monoisotopic (exact) mass is 516 g/mol. The molecule has 3 rings (SSSR count). The zero-order chi connectivity index (χ0) is 28.3. The van der Waals surface area contributed by atoms with E-state index >= 15 is 0 Å². The van der Waals surface area contributed by atoms with Crippen LogP contribution in [0.2, 0.25) is 0 Å². The number of hydrogen-bond acceptors (Lipinski definition) is 8. The van der Waals surface area contributed by atoms with Crippen LogP contribution in [0.5, 0.6) is 23.0 Å². The van der Waals surface area contributed by atoms with E-state index in [1.165, 1.54) is 33.8 Å². The summed E-state index contributed by atoms with van der Waals surface area (Å²) in [6, 6.07) is 6.40. The van der Waals surface area contributed by atoms with E-state index < -0.39 is 23.9 Å². The molecule has 0 heterocycles. The normalized spacial score (nSPS) is 11.3. The molecular weight excluding hydrogens is 488 g/mol. The van der Waals surface area contributed by atoms with Gasteiger partial charge in [-0.1, -0.05) is 32.4 Å². The first kappa shape index (κ1) is 27.9. The average Bonchev–Trinajstić information content (AvgIpc) is 2.84. The van der Waals surface area contributed by atoms with Crippen LogP contribution in [0.25, 0.3) is 11.1 Å². The van der Waals surface area contributed by atoms with Crippen LogP contribution in [0.3, 0.4) is 0 Å². The minimum absolute atomic E-state index is 0.00235. The molecule has 2 aromatic rings. The summed E-state index contributed by atoms with van der Waals surface area (Å²) in [4.78, 5) is 49.3. The minimum Gasteiger partial charge on any atom is -0.419 e. The molecule has 0 atom stereocenters. The van der Waals surface area contributed by atoms with E-state index in [1.54, 1.807) is 18.2 Å². The summed E-state index contributed by atoms with van der Waals surface area (Å²) in [7, 11) is 0. The van der Waals surface area contributed by atoms with Crippen molar-refractivity contribution in [3.8, 4) is 34.1 Å². The van der Waals surface area contributed by atoms with Gasteiger partial charge in [0.25, 0.3) is 0 Å². The van der Waals surface area contributed by atoms with Gasteiger partial charge >= 0.3 is 23.9 Å². The van der Waals surface area contributed by atoms with Crippen molar-refractivity contribution in [3.63, 3.8) is 0 Å². The van der Waals surface area contributed by atoms with E-state index in [1.807, 2.05) is 0 Å². The van der Waals surface area contributed by atoms with Crippen molar-refractivity contribution in [1.82, 2.24) is 0 Å². The second-order valence-corrected chi connectivity index (χ2v) is 9.05. The van der Waals surface area contributed by atoms with E-state index in [0.717, 1.165) is 5.56 Å². The number of rotatable bonds is 8. The fourth-order valence-electron chi connectivity index (χ4n) is 3.52. The minimum atomic E-state index is -0.702. The van der Waals surface area contributed by atoms with Gasteiger partial charge in [-0.15, -0.1) is 0 Å². The Kier molecular flexibility index (Phi) is 8.16. The summed E-state index contributed by atoms with van der Waals surface area (Å²) in [5, 5.41) is 0. The third-order valence-corrected chi connectivity index (χ3v) is 5.53. The summed E-state index contributed by atoms with van der Waals surface area (Å²) in [6.45, 7) is 20.4. The lowest BCUT2D eigenvalue weighted by atomic mass is 9.84. The summed E-state index contributed by atoms with van der Waals surface area (Å²) >= 11 is 0. The van der Waals surface area contributed by atoms with Crippen molar-refractivity contribution in [2.45, 2.75) is 40.5 Å². The molecule has 1 aliphatic carbocycles. The Morgan fingerprint density at radius 3 is 1.53 bits per heavy atom. The zero-order valence-electron chi connectivity index (χ0n) is 21.8. The highest BCUT2D eigenvalue weighted by molar-refractivity contribution is 5.94. The number of benzene rings is 2. The van der Waals surface area contributed by atoms with Crippen LogP contribution in [0.1, 0.15) is 38.8 Å². The van der Waals surface area contributed by atoms with Gasteiger partial charge in [0.1, 0.15) is 0 Å². The second kappa shape index (κ2) is 11.1. The molecule has 1 aliphatic rings. The van der Waals surface area contributed by atoms with Gasteiger partial charge in [0.05, 0.1) is 0 Å². The number of aryl methyl sites for hydroxylation is 1. The largest absolute Gasteiger partial charge is 0.419 e. The van der Waals surface area contributed by atoms with Crippen molar-refractivity contribution < 1.29 is 38.1 Å². The van der Waals surface area contributed by atoms with Gasteiger partial charge in [0.15, 0.2) is 23.0 Å². The van der Waals surface area contributed by atoms with Crippen molar-refractivity contribution in [3.05, 3.63) is 84.0 Å². The zero-order valence-corrected chi connectivity index (χ0v) is 21.8. The molecule has 0 aliphatic heterocycles. The van der Waals surface area contributed by atoms with Crippen LogP contribution >= 0.6 is 0 Å². The quantitative estimate of drug-likeness (QED) is 0.262. The van der Waals surface area contributed by atoms with Gasteiger partial charge in [0.2, 0.25) is 0 Å². The van der Waals surface area contributed by atoms with Crippen LogP contribution in [0.4, 0.5) is 0 Å². The van der Waals surface area contributed by atoms with Crippen LogP contribution in [0.15, 0.2) is 72.9 Å². The molecule has 38 heavy (non-hydrogen) atoms. The number of carbonyl (C=O) groups is 4. The lowest BCUT2D eigenvalue weighted by Crippen LogP contribution is -2.17. The molecule has 8 nitrogen and oxygen atoms in total. The predicted molar refractivity (Wildman–Crippen MR) is 141 cm³/mol. The molecule has 0 saturated heterocycles. The maximum absolute atomic E-state index is 12.5. The molecule has 2 aromatic carbocycles. The molecule has 8 heteroatoms. The fourth-order valence-corrected chi connectivity index (χ4v) is 3.52. The van der Waals surface area contributed by atoms with Crippen LogP contribution in [-0.2, 0) is 32.0 Å². The van der Waals surface area contributed by atoms with Crippen LogP contribution in [0, 0.1) is 0 Å². The van der Waals surface area contributed by atoms with Crippen molar-refractivity contribution in [2.75, 3.05) is 0 Å². The number of fused-ring (bicyclic) bond motifs is 3. The fraction of sp³-hybridized carbons (Fsp3) is 0.200. The van der Waals surface area contributed by atoms with E-state index in [9.17, 15) is 19.2 Å². The van der Waals surface area contributed by atoms with E-state index in [4.69, 9.17) is 18.9 Å². The molecule has 0 saturated carbocycles. The van der Waals surface area contributed by atoms with Crippen LogP contribution in [-0.4, -0.2) is 23.9 Å². The Balaban J connectivity index is 2.20. The molecular formula is C30H28O8. The Labute approximate surface area is 220 Å². The highest BCUT2D eigenvalue weighted by Crippen LogP contribution is 2.46. The van der Waals surface area contributed by atoms with Crippen molar-refractivity contribution in [1.29, 1.82) is 0 Å². The lowest BCUT2D eigenvalue weighted by Gasteiger charge is -2.25. The Bertz CT molecular complexity index is 1410. The van der Waals surface area contributed by atoms with E-state index in [0.29, 0.717) is 29.5 Å². The summed E-state index contributed by atoms with van der Waals surface area (Å²) in [6.07, 6.45) is 0.850. The van der Waals surface area contributed by atoms with Gasteiger partial charge in [-0.3, -0.25) is 0 Å². The molecule has 0 bridgehead atoms. The van der Waals surface area contributed by atoms with Gasteiger partial charge in [0, 0.05) is 27.9 Å². The van der Waals surface area contributed by atoms with Gasteiger partial charge < -0.3 is 18.9 Å². The Morgan fingerprint density at radius 1 is 0.579 bits per heavy atom. The Morgan fingerprint density at radius 2 is 1.03 bits per heavy atom. The highest BCUT2D eigenvalue weighted by Gasteiger charge is 2.28. The first-order valence-electron chi connectivity index (χ1n) is 11.6. The standard InChI is InChI=1S/C30H28O8/c1-15(2)27(31)35-23-12-11-20-21(26(23)38-30(34)18(7)8)10-9-19-13-24(36-28(32)16(3)4)25(14-22(19)20)37-29(33)17(5)6/h11-14H,1,3,5,7,9-10H2,2,4,6,8H3. The highest BCUT2D eigenvalue weighted by atomic mass is 16.6. The SMILES string of the molecule is C=C(C)C(=O)Oc1cc2c(cc1OC(=O)C(=C)C)-c1ccc(OC(=O)C(=C)C)c(OC(=O)C(=C)C)c1CC2. The first-order valence-corrected chi connectivity index (χ1v) is 11.6. The maximum atomic E-state index is 12.5. The topological polar surface area (TPSA) is 105 Å². The molecule has 0 fully saturated rings. The first-order chi connectivity index (χ1) is 17.8. The Hall–Kier alpha value is -4.72. The van der Waals surface area contributed by atoms with Crippen LogP contribution < -0.4 is 18.9 Å². The van der Waals surface area contributed by atoms with E-state index in [2.05, 4.69) is 26.3 Å². The summed E-state index contributed by atoms with van der Waals surface area (Å²) < 4.78 is 22.0. The third kappa shape index (κ3) is 5.98. The molecule has 0 aromatic heterocycles. The number of esters is 4. The molecule has 0 unspecified atom stereocenters. The molecule has 0 amide bonds. The molecule has 196 valence electrons. The lowest BCUT2D eigenvalue weighted by molar-refractivity contribution is -0.132. The smallest absolute Gasteiger partial charge is 0.338 e. The number of ether oxygens (including phenoxy) is 4. The summed E-state index contributed by atoms with van der Waals surface area (Å²) in [5.41, 5.74) is 3.35. The molecule has 0 spiro atoms. The predicted octanol–water partition coefficient (Wildman–Crippen LogP) is 5.38. The number of carbonyl (C=O) groups excluding carboxylic acids is 4. The summed E-state index contributed by atoms with van der Waals surface area (Å²) in [5.74, 6) is -2.56. The van der Waals surface area contributed by atoms with Gasteiger partial charge in [-0.05, 0) is 75.4 Å². The van der Waals surface area contributed by atoms with Gasteiger partial charge in [-0.2, -0.15) is 0 Å². The molecule has 0 N–H and O–H groups in total. The van der Waals surface area contributed by atoms with E-state index in [-0.39, 0.29) is 45.3 Å². The van der Waals surface area contributed by atoms with Crippen molar-refractivity contribution in [2.24, 2.45) is 0 Å². The van der Waals surface area contributed by atoms with Crippen molar-refractivity contribution >= 4 is 23.9 Å². The average molecular weight is 517 g/mol. The second-order valence-electron chi connectivity index (χ2n) is 9.05. The third-order valence-electron chi connectivity index (χ3n) is 5.53. The van der Waals surface area contributed by atoms with Gasteiger partial charge in [-0.25, -0.2) is 19.2 Å². The maximum Gasteiger partial charge on any atom is 0.338 e.